The number of rotatable bonds is 5. The third-order valence-corrected chi connectivity index (χ3v) is 8.26. The zero-order chi connectivity index (χ0) is 31.5. The van der Waals surface area contributed by atoms with Gasteiger partial charge in [0.2, 0.25) is 29.5 Å². The average Bonchev–Trinajstić information content (AvgIpc) is 3.52. The number of carbonyl (C=O) groups excluding carboxylic acids is 5. The van der Waals surface area contributed by atoms with Crippen LogP contribution >= 0.6 is 11.8 Å². The van der Waals surface area contributed by atoms with Crippen molar-refractivity contribution >= 4 is 53.0 Å². The van der Waals surface area contributed by atoms with Gasteiger partial charge in [-0.15, -0.1) is 11.8 Å². The molecule has 0 saturated carbocycles. The summed E-state index contributed by atoms with van der Waals surface area (Å²) in [4.78, 5) is 76.7. The molecule has 3 heterocycles. The molecule has 5 amide bonds. The van der Waals surface area contributed by atoms with Crippen LogP contribution in [0.3, 0.4) is 0 Å². The third-order valence-electron chi connectivity index (χ3n) is 7.15. The quantitative estimate of drug-likeness (QED) is 0.270. The first-order valence-electron chi connectivity index (χ1n) is 14.3. The Hall–Kier alpha value is -4.65. The monoisotopic (exact) mass is 621 g/mol. The molecule has 0 aliphatic carbocycles. The lowest BCUT2D eigenvalue weighted by molar-refractivity contribution is -0.142. The summed E-state index contributed by atoms with van der Waals surface area (Å²) in [6, 6.07) is 12.0. The summed E-state index contributed by atoms with van der Waals surface area (Å²) < 4.78 is 0. The van der Waals surface area contributed by atoms with Gasteiger partial charge in [0.25, 0.3) is 0 Å². The normalized spacial score (nSPS) is 23.9. The van der Waals surface area contributed by atoms with Gasteiger partial charge >= 0.3 is 5.97 Å². The molecular weight excluding hydrogens is 586 g/mol. The number of thioether (sulfide) groups is 1. The number of aliphatic carboxylic acids is 1. The van der Waals surface area contributed by atoms with Gasteiger partial charge in [-0.25, -0.2) is 4.79 Å². The molecule has 44 heavy (non-hydrogen) atoms. The van der Waals surface area contributed by atoms with Crippen LogP contribution in [-0.4, -0.2) is 70.5 Å². The van der Waals surface area contributed by atoms with Gasteiger partial charge in [-0.2, -0.15) is 0 Å². The van der Waals surface area contributed by atoms with Crippen molar-refractivity contribution in [2.75, 3.05) is 11.9 Å². The fourth-order valence-electron chi connectivity index (χ4n) is 4.82. The van der Waals surface area contributed by atoms with E-state index >= 15 is 0 Å². The van der Waals surface area contributed by atoms with Crippen molar-refractivity contribution in [1.29, 1.82) is 0 Å². The Morgan fingerprint density at radius 1 is 0.818 bits per heavy atom. The zero-order valence-corrected chi connectivity index (χ0v) is 24.7. The average molecular weight is 622 g/mol. The van der Waals surface area contributed by atoms with Crippen LogP contribution in [0, 0.1) is 0 Å². The smallest absolute Gasteiger partial charge is 0.326 e. The molecular formula is C31H35N5O7S. The van der Waals surface area contributed by atoms with Crippen LogP contribution in [0.15, 0.2) is 66.1 Å². The van der Waals surface area contributed by atoms with E-state index in [0.29, 0.717) is 17.7 Å². The Labute approximate surface area is 258 Å². The van der Waals surface area contributed by atoms with Crippen LogP contribution in [0.4, 0.5) is 5.69 Å². The summed E-state index contributed by atoms with van der Waals surface area (Å²) in [5.41, 5.74) is 1.78. The van der Waals surface area contributed by atoms with E-state index in [2.05, 4.69) is 26.6 Å². The standard InChI is InChI=1S/C31H35N5O7S/c37-26-12-13-27(38)34-24(17-22-7-4-14-44-22)29(40)32-18-28(39)35-23(15-19-5-2-1-3-6-19)30(41)36-25(31(42)43)16-20-8-10-21(33-26)11-9-20/h1-6,8-11,14,22-25H,7,12-13,15-18H2,(H,32,40)(H,33,37)(H,34,38)(H,35,39)(H,36,41)(H,42,43)/t22?,23-,24-,25+/m1/s1. The predicted molar refractivity (Wildman–Crippen MR) is 164 cm³/mol. The summed E-state index contributed by atoms with van der Waals surface area (Å²) in [6.07, 6.45) is 2.76. The number of carbonyl (C=O) groups is 6. The Kier molecular flexibility index (Phi) is 11.5. The van der Waals surface area contributed by atoms with Crippen LogP contribution in [0.1, 0.15) is 36.8 Å². The molecule has 13 heteroatoms. The molecule has 2 aromatic carbocycles. The van der Waals surface area contributed by atoms with Gasteiger partial charge in [-0.05, 0) is 41.5 Å². The predicted octanol–water partition coefficient (Wildman–Crippen LogP) is 1.27. The van der Waals surface area contributed by atoms with Crippen molar-refractivity contribution in [3.05, 3.63) is 77.2 Å². The lowest BCUT2D eigenvalue weighted by Gasteiger charge is -2.23. The van der Waals surface area contributed by atoms with E-state index < -0.39 is 60.2 Å². The Morgan fingerprint density at radius 3 is 2.20 bits per heavy atom. The lowest BCUT2D eigenvalue weighted by atomic mass is 10.0. The second-order valence-electron chi connectivity index (χ2n) is 10.6. The Bertz CT molecular complexity index is 1390. The Morgan fingerprint density at radius 2 is 1.52 bits per heavy atom. The first-order valence-corrected chi connectivity index (χ1v) is 15.2. The van der Waals surface area contributed by atoms with Gasteiger partial charge in [0.1, 0.15) is 18.1 Å². The maximum Gasteiger partial charge on any atom is 0.326 e. The molecule has 2 aromatic rings. The fourth-order valence-corrected chi connectivity index (χ4v) is 5.79. The molecule has 3 aliphatic rings. The molecule has 6 N–H and O–H groups in total. The summed E-state index contributed by atoms with van der Waals surface area (Å²) in [5, 5.41) is 24.9. The molecule has 0 aromatic heterocycles. The third kappa shape index (κ3) is 9.97. The summed E-state index contributed by atoms with van der Waals surface area (Å²) in [6.45, 7) is -0.475. The van der Waals surface area contributed by atoms with Crippen molar-refractivity contribution in [2.24, 2.45) is 0 Å². The molecule has 0 radical (unpaired) electrons. The number of nitrogens with one attached hydrogen (secondary N) is 5. The highest BCUT2D eigenvalue weighted by Crippen LogP contribution is 2.27. The van der Waals surface area contributed by atoms with E-state index in [1.165, 1.54) is 0 Å². The first-order chi connectivity index (χ1) is 21.2. The van der Waals surface area contributed by atoms with Crippen molar-refractivity contribution < 1.29 is 33.9 Å². The van der Waals surface area contributed by atoms with Gasteiger partial charge in [-0.1, -0.05) is 48.5 Å². The molecule has 5 rings (SSSR count). The van der Waals surface area contributed by atoms with E-state index in [1.807, 2.05) is 11.5 Å². The second kappa shape index (κ2) is 15.7. The Balaban J connectivity index is 1.56. The van der Waals surface area contributed by atoms with E-state index in [0.717, 1.165) is 12.0 Å². The molecule has 4 atom stereocenters. The van der Waals surface area contributed by atoms with Crippen LogP contribution in [0.2, 0.25) is 0 Å². The molecule has 0 saturated heterocycles. The fraction of sp³-hybridized carbons (Fsp3) is 0.355. The van der Waals surface area contributed by atoms with Crippen LogP contribution in [-0.2, 0) is 41.6 Å². The first kappa shape index (κ1) is 32.3. The number of carboxylic acids is 1. The maximum atomic E-state index is 13.4. The summed E-state index contributed by atoms with van der Waals surface area (Å²) in [7, 11) is 0. The highest BCUT2D eigenvalue weighted by Gasteiger charge is 2.29. The minimum Gasteiger partial charge on any atom is -0.480 e. The number of hydrogen-bond donors (Lipinski definition) is 6. The van der Waals surface area contributed by atoms with Gasteiger partial charge < -0.3 is 31.7 Å². The van der Waals surface area contributed by atoms with E-state index in [9.17, 15) is 33.9 Å². The molecule has 2 bridgehead atoms. The van der Waals surface area contributed by atoms with Crippen LogP contribution < -0.4 is 26.6 Å². The minimum absolute atomic E-state index is 0.0479. The number of anilines is 1. The van der Waals surface area contributed by atoms with Gasteiger partial charge in [0.15, 0.2) is 0 Å². The SMILES string of the molecule is O=C1CCC(=O)N[C@H](CC2CC=CS2)C(=O)NCC(=O)N[C@H](Cc2ccccc2)C(=O)N[C@H](C(=O)O)Cc2ccc(cc2)N1. The number of hydrogen-bond acceptors (Lipinski definition) is 7. The lowest BCUT2D eigenvalue weighted by Crippen LogP contribution is -2.55. The minimum atomic E-state index is -1.30. The van der Waals surface area contributed by atoms with Gasteiger partial charge in [-0.3, -0.25) is 24.0 Å². The maximum absolute atomic E-state index is 13.4. The summed E-state index contributed by atoms with van der Waals surface area (Å²) in [5.74, 6) is -4.10. The van der Waals surface area contributed by atoms with E-state index in [1.54, 1.807) is 66.4 Å². The largest absolute Gasteiger partial charge is 0.480 e. The highest BCUT2D eigenvalue weighted by molar-refractivity contribution is 8.03. The molecule has 0 fully saturated rings. The number of amides is 5. The zero-order valence-electron chi connectivity index (χ0n) is 23.9. The van der Waals surface area contributed by atoms with Crippen LogP contribution in [0.5, 0.6) is 0 Å². The second-order valence-corrected chi connectivity index (χ2v) is 11.8. The van der Waals surface area contributed by atoms with Crippen molar-refractivity contribution in [3.8, 4) is 0 Å². The van der Waals surface area contributed by atoms with Crippen molar-refractivity contribution in [1.82, 2.24) is 21.3 Å². The molecule has 3 aliphatic heterocycles. The van der Waals surface area contributed by atoms with Crippen LogP contribution in [0.25, 0.3) is 0 Å². The van der Waals surface area contributed by atoms with Crippen molar-refractivity contribution in [2.45, 2.75) is 61.9 Å². The van der Waals surface area contributed by atoms with E-state index in [-0.39, 0.29) is 30.9 Å². The molecule has 232 valence electrons. The number of benzene rings is 2. The number of allylic oxidation sites excluding steroid dienone is 1. The molecule has 1 unspecified atom stereocenters. The molecule has 0 spiro atoms. The highest BCUT2D eigenvalue weighted by atomic mass is 32.2. The van der Waals surface area contributed by atoms with Gasteiger partial charge in [0, 0.05) is 36.6 Å². The number of fused-ring (bicyclic) bond motifs is 18. The van der Waals surface area contributed by atoms with Crippen molar-refractivity contribution in [3.63, 3.8) is 0 Å². The summed E-state index contributed by atoms with van der Waals surface area (Å²) >= 11 is 1.54. The van der Waals surface area contributed by atoms with Gasteiger partial charge in [0.05, 0.1) is 6.54 Å². The topological polar surface area (TPSA) is 183 Å². The van der Waals surface area contributed by atoms with E-state index in [4.69, 9.17) is 0 Å². The molecule has 12 nitrogen and oxygen atoms in total. The number of carboxylic acid groups (broad SMARTS) is 1.